The van der Waals surface area contributed by atoms with Crippen molar-refractivity contribution in [3.63, 3.8) is 0 Å². The van der Waals surface area contributed by atoms with E-state index >= 15 is 0 Å². The number of nitrogens with zero attached hydrogens (tertiary/aromatic N) is 2. The Morgan fingerprint density at radius 2 is 2.21 bits per heavy atom. The van der Waals surface area contributed by atoms with Gasteiger partial charge in [0.2, 0.25) is 11.0 Å². The second-order valence-corrected chi connectivity index (χ2v) is 5.88. The standard InChI is InChI=1S/C14H15N3OS/c1-9-4-2-7-11(8-9)13-16-17-14(19-13)15-12(18)10-5-3-6-10/h2,4,7-8,10H,3,5-6H2,1H3,(H,15,17,18). The second-order valence-electron chi connectivity index (χ2n) is 4.90. The number of aryl methyl sites for hydroxylation is 1. The van der Waals surface area contributed by atoms with Crippen molar-refractivity contribution < 1.29 is 4.79 Å². The summed E-state index contributed by atoms with van der Waals surface area (Å²) in [5.74, 6) is 0.254. The zero-order chi connectivity index (χ0) is 13.2. The number of carbonyl (C=O) groups is 1. The first-order chi connectivity index (χ1) is 9.22. The Kier molecular flexibility index (Phi) is 3.29. The maximum atomic E-state index is 11.8. The third-order valence-electron chi connectivity index (χ3n) is 3.40. The van der Waals surface area contributed by atoms with Gasteiger partial charge in [-0.25, -0.2) is 0 Å². The van der Waals surface area contributed by atoms with E-state index in [1.54, 1.807) is 0 Å². The molecule has 0 spiro atoms. The van der Waals surface area contributed by atoms with Gasteiger partial charge in [-0.15, -0.1) is 10.2 Å². The van der Waals surface area contributed by atoms with Crippen molar-refractivity contribution in [3.8, 4) is 10.6 Å². The number of nitrogens with one attached hydrogen (secondary N) is 1. The molecule has 2 aromatic rings. The topological polar surface area (TPSA) is 54.9 Å². The summed E-state index contributed by atoms with van der Waals surface area (Å²) < 4.78 is 0. The molecule has 1 amide bonds. The normalized spacial score (nSPS) is 15.0. The molecule has 0 radical (unpaired) electrons. The molecule has 1 N–H and O–H groups in total. The minimum Gasteiger partial charge on any atom is -0.300 e. The highest BCUT2D eigenvalue weighted by molar-refractivity contribution is 7.18. The number of carbonyl (C=O) groups excluding carboxylic acids is 1. The Morgan fingerprint density at radius 1 is 1.37 bits per heavy atom. The molecule has 1 aromatic carbocycles. The van der Waals surface area contributed by atoms with Crippen molar-refractivity contribution in [1.29, 1.82) is 0 Å². The van der Waals surface area contributed by atoms with E-state index in [2.05, 4.69) is 21.6 Å². The molecule has 0 aliphatic heterocycles. The van der Waals surface area contributed by atoms with Crippen LogP contribution in [0.5, 0.6) is 0 Å². The molecule has 0 atom stereocenters. The van der Waals surface area contributed by atoms with Crippen LogP contribution in [-0.4, -0.2) is 16.1 Å². The minimum atomic E-state index is 0.0817. The average molecular weight is 273 g/mol. The number of amides is 1. The summed E-state index contributed by atoms with van der Waals surface area (Å²) in [5, 5.41) is 12.5. The predicted molar refractivity (Wildman–Crippen MR) is 76.1 cm³/mol. The van der Waals surface area contributed by atoms with Crippen LogP contribution >= 0.6 is 11.3 Å². The Hall–Kier alpha value is -1.75. The highest BCUT2D eigenvalue weighted by Gasteiger charge is 2.25. The fourth-order valence-electron chi connectivity index (χ4n) is 2.05. The molecule has 0 saturated heterocycles. The molecular formula is C14H15N3OS. The van der Waals surface area contributed by atoms with Crippen molar-refractivity contribution >= 4 is 22.4 Å². The van der Waals surface area contributed by atoms with Crippen LogP contribution in [0.25, 0.3) is 10.6 Å². The van der Waals surface area contributed by atoms with Gasteiger partial charge >= 0.3 is 0 Å². The quantitative estimate of drug-likeness (QED) is 0.934. The molecule has 3 rings (SSSR count). The summed E-state index contributed by atoms with van der Waals surface area (Å²) >= 11 is 1.42. The number of hydrogen-bond acceptors (Lipinski definition) is 4. The van der Waals surface area contributed by atoms with Crippen molar-refractivity contribution in [2.75, 3.05) is 5.32 Å². The van der Waals surface area contributed by atoms with Crippen LogP contribution in [0.1, 0.15) is 24.8 Å². The maximum Gasteiger partial charge on any atom is 0.229 e. The summed E-state index contributed by atoms with van der Waals surface area (Å²) in [6.45, 7) is 2.05. The molecule has 5 heteroatoms. The largest absolute Gasteiger partial charge is 0.300 e. The molecule has 1 aromatic heterocycles. The fourth-order valence-corrected chi connectivity index (χ4v) is 2.79. The molecule has 1 heterocycles. The lowest BCUT2D eigenvalue weighted by Crippen LogP contribution is -2.27. The van der Waals surface area contributed by atoms with E-state index in [9.17, 15) is 4.79 Å². The van der Waals surface area contributed by atoms with Gasteiger partial charge in [0.1, 0.15) is 5.01 Å². The second kappa shape index (κ2) is 5.09. The zero-order valence-corrected chi connectivity index (χ0v) is 11.5. The summed E-state index contributed by atoms with van der Waals surface area (Å²) in [5.41, 5.74) is 2.23. The Bertz CT molecular complexity index is 604. The van der Waals surface area contributed by atoms with Crippen molar-refractivity contribution in [2.45, 2.75) is 26.2 Å². The Balaban J connectivity index is 1.74. The molecule has 98 valence electrons. The molecule has 19 heavy (non-hydrogen) atoms. The predicted octanol–water partition coefficient (Wildman–Crippen LogP) is 3.25. The molecule has 1 fully saturated rings. The first-order valence-corrected chi connectivity index (χ1v) is 7.25. The van der Waals surface area contributed by atoms with Gasteiger partial charge in [-0.3, -0.25) is 4.79 Å². The lowest BCUT2D eigenvalue weighted by molar-refractivity contribution is -0.122. The fraction of sp³-hybridized carbons (Fsp3) is 0.357. The molecule has 0 bridgehead atoms. The smallest absolute Gasteiger partial charge is 0.229 e. The minimum absolute atomic E-state index is 0.0817. The van der Waals surface area contributed by atoms with Crippen LogP contribution in [0.2, 0.25) is 0 Å². The zero-order valence-electron chi connectivity index (χ0n) is 10.7. The highest BCUT2D eigenvalue weighted by atomic mass is 32.1. The number of anilines is 1. The molecular weight excluding hydrogens is 258 g/mol. The number of hydrogen-bond donors (Lipinski definition) is 1. The van der Waals surface area contributed by atoms with Gasteiger partial charge in [-0.2, -0.15) is 0 Å². The number of rotatable bonds is 3. The first kappa shape index (κ1) is 12.3. The maximum absolute atomic E-state index is 11.8. The number of aromatic nitrogens is 2. The van der Waals surface area contributed by atoms with Crippen molar-refractivity contribution in [2.24, 2.45) is 5.92 Å². The summed E-state index contributed by atoms with van der Waals surface area (Å²) in [6.07, 6.45) is 3.15. The number of benzene rings is 1. The van der Waals surface area contributed by atoms with Crippen LogP contribution in [0.15, 0.2) is 24.3 Å². The molecule has 0 unspecified atom stereocenters. The summed E-state index contributed by atoms with van der Waals surface area (Å²) in [4.78, 5) is 11.8. The van der Waals surface area contributed by atoms with Crippen LogP contribution in [0.4, 0.5) is 5.13 Å². The van der Waals surface area contributed by atoms with E-state index in [0.29, 0.717) is 5.13 Å². The van der Waals surface area contributed by atoms with Gasteiger partial charge in [-0.1, -0.05) is 41.5 Å². The van der Waals surface area contributed by atoms with Crippen LogP contribution in [-0.2, 0) is 4.79 Å². The first-order valence-electron chi connectivity index (χ1n) is 6.44. The third-order valence-corrected chi connectivity index (χ3v) is 4.28. The molecule has 1 aliphatic rings. The molecule has 4 nitrogen and oxygen atoms in total. The van der Waals surface area contributed by atoms with Crippen LogP contribution < -0.4 is 5.32 Å². The van der Waals surface area contributed by atoms with Gasteiger partial charge in [0.15, 0.2) is 0 Å². The Morgan fingerprint density at radius 3 is 2.89 bits per heavy atom. The van der Waals surface area contributed by atoms with E-state index in [-0.39, 0.29) is 11.8 Å². The van der Waals surface area contributed by atoms with Crippen molar-refractivity contribution in [1.82, 2.24) is 10.2 Å². The van der Waals surface area contributed by atoms with Gasteiger partial charge in [0, 0.05) is 11.5 Å². The van der Waals surface area contributed by atoms with Gasteiger partial charge in [-0.05, 0) is 25.8 Å². The molecule has 1 aliphatic carbocycles. The summed E-state index contributed by atoms with van der Waals surface area (Å²) in [7, 11) is 0. The third kappa shape index (κ3) is 2.66. The van der Waals surface area contributed by atoms with Crippen molar-refractivity contribution in [3.05, 3.63) is 29.8 Å². The van der Waals surface area contributed by atoms with E-state index in [0.717, 1.165) is 29.8 Å². The summed E-state index contributed by atoms with van der Waals surface area (Å²) in [6, 6.07) is 8.12. The lowest BCUT2D eigenvalue weighted by Gasteiger charge is -2.23. The monoisotopic (exact) mass is 273 g/mol. The lowest BCUT2D eigenvalue weighted by atomic mass is 9.85. The van der Waals surface area contributed by atoms with E-state index in [1.807, 2.05) is 25.1 Å². The van der Waals surface area contributed by atoms with Gasteiger partial charge in [0.05, 0.1) is 0 Å². The Labute approximate surface area is 115 Å². The van der Waals surface area contributed by atoms with E-state index in [1.165, 1.54) is 16.9 Å². The van der Waals surface area contributed by atoms with E-state index < -0.39 is 0 Å². The van der Waals surface area contributed by atoms with E-state index in [4.69, 9.17) is 0 Å². The average Bonchev–Trinajstić information content (AvgIpc) is 2.75. The van der Waals surface area contributed by atoms with Crippen LogP contribution in [0.3, 0.4) is 0 Å². The van der Waals surface area contributed by atoms with Crippen LogP contribution in [0, 0.1) is 12.8 Å². The van der Waals surface area contributed by atoms with Gasteiger partial charge < -0.3 is 5.32 Å². The van der Waals surface area contributed by atoms with Gasteiger partial charge in [0.25, 0.3) is 0 Å². The SMILES string of the molecule is Cc1cccc(-c2nnc(NC(=O)C3CCC3)s2)c1. The molecule has 1 saturated carbocycles. The highest BCUT2D eigenvalue weighted by Crippen LogP contribution is 2.30.